The molecule has 7 nitrogen and oxygen atoms in total. The lowest BCUT2D eigenvalue weighted by atomic mass is 9.97. The van der Waals surface area contributed by atoms with Crippen molar-refractivity contribution in [2.45, 2.75) is 40.2 Å². The van der Waals surface area contributed by atoms with Crippen LogP contribution in [-0.2, 0) is 9.59 Å². The number of hydrogen-bond donors (Lipinski definition) is 3. The molecule has 0 saturated carbocycles. The maximum absolute atomic E-state index is 11.8. The monoisotopic (exact) mass is 301 g/mol. The quantitative estimate of drug-likeness (QED) is 0.620. The van der Waals surface area contributed by atoms with Gasteiger partial charge in [0.15, 0.2) is 0 Å². The molecule has 0 aromatic heterocycles. The van der Waals surface area contributed by atoms with Gasteiger partial charge in [-0.1, -0.05) is 13.8 Å². The van der Waals surface area contributed by atoms with Gasteiger partial charge in [-0.2, -0.15) is 0 Å². The van der Waals surface area contributed by atoms with Gasteiger partial charge in [0, 0.05) is 20.1 Å². The summed E-state index contributed by atoms with van der Waals surface area (Å²) in [5.74, 6) is -1.52. The summed E-state index contributed by atoms with van der Waals surface area (Å²) in [4.78, 5) is 36.1. The molecule has 0 rings (SSSR count). The molecule has 0 bridgehead atoms. The van der Waals surface area contributed by atoms with Crippen LogP contribution in [0.5, 0.6) is 0 Å². The molecular formula is C14H27N3O4. The molecule has 0 saturated heterocycles. The third-order valence-corrected chi connectivity index (χ3v) is 3.18. The highest BCUT2D eigenvalue weighted by Crippen LogP contribution is 2.10. The number of likely N-dealkylation sites (N-methyl/N-ethyl adjacent to an activating group) is 1. The van der Waals surface area contributed by atoms with E-state index in [9.17, 15) is 14.4 Å². The van der Waals surface area contributed by atoms with Crippen LogP contribution in [0.1, 0.15) is 34.1 Å². The number of aliphatic carboxylic acids is 1. The maximum Gasteiger partial charge on any atom is 0.315 e. The lowest BCUT2D eigenvalue weighted by Crippen LogP contribution is -2.49. The summed E-state index contributed by atoms with van der Waals surface area (Å²) in [5, 5.41) is 14.1. The van der Waals surface area contributed by atoms with E-state index in [0.29, 0.717) is 13.0 Å². The van der Waals surface area contributed by atoms with Crippen LogP contribution in [0.2, 0.25) is 0 Å². The van der Waals surface area contributed by atoms with Gasteiger partial charge in [-0.3, -0.25) is 9.59 Å². The average molecular weight is 301 g/mol. The molecule has 0 fully saturated rings. The van der Waals surface area contributed by atoms with Crippen molar-refractivity contribution >= 4 is 17.9 Å². The Hall–Kier alpha value is -1.79. The fourth-order valence-electron chi connectivity index (χ4n) is 1.85. The number of amides is 3. The molecular weight excluding hydrogens is 274 g/mol. The van der Waals surface area contributed by atoms with Crippen molar-refractivity contribution in [1.82, 2.24) is 15.5 Å². The standard InChI is InChI=1S/C14H27N3O4/c1-6-17(5)12(18)10(4)16-14(21)15-8-11(13(19)20)7-9(2)3/h9-11H,6-8H2,1-5H3,(H,19,20)(H2,15,16,21). The third kappa shape index (κ3) is 7.53. The Bertz CT molecular complexity index is 371. The van der Waals surface area contributed by atoms with Crippen LogP contribution in [0.15, 0.2) is 0 Å². The second-order valence-electron chi connectivity index (χ2n) is 5.59. The first-order valence-electron chi connectivity index (χ1n) is 7.21. The van der Waals surface area contributed by atoms with E-state index in [1.165, 1.54) is 4.90 Å². The first-order chi connectivity index (χ1) is 9.68. The van der Waals surface area contributed by atoms with Gasteiger partial charge in [-0.25, -0.2) is 4.79 Å². The second-order valence-corrected chi connectivity index (χ2v) is 5.59. The summed E-state index contributed by atoms with van der Waals surface area (Å²) in [7, 11) is 1.65. The van der Waals surface area contributed by atoms with E-state index in [4.69, 9.17) is 5.11 Å². The number of nitrogens with one attached hydrogen (secondary N) is 2. The van der Waals surface area contributed by atoms with Gasteiger partial charge in [-0.15, -0.1) is 0 Å². The van der Waals surface area contributed by atoms with Gasteiger partial charge >= 0.3 is 12.0 Å². The van der Waals surface area contributed by atoms with Gasteiger partial charge < -0.3 is 20.6 Å². The van der Waals surface area contributed by atoms with Crippen molar-refractivity contribution in [3.63, 3.8) is 0 Å². The van der Waals surface area contributed by atoms with E-state index >= 15 is 0 Å². The molecule has 2 atom stereocenters. The summed E-state index contributed by atoms with van der Waals surface area (Å²) >= 11 is 0. The third-order valence-electron chi connectivity index (χ3n) is 3.18. The smallest absolute Gasteiger partial charge is 0.315 e. The number of urea groups is 1. The van der Waals surface area contributed by atoms with Crippen molar-refractivity contribution < 1.29 is 19.5 Å². The summed E-state index contributed by atoms with van der Waals surface area (Å²) in [6.45, 7) is 7.89. The van der Waals surface area contributed by atoms with Gasteiger partial charge in [0.05, 0.1) is 5.92 Å². The SMILES string of the molecule is CCN(C)C(=O)C(C)NC(=O)NCC(CC(C)C)C(=O)O. The van der Waals surface area contributed by atoms with Gasteiger partial charge in [0.2, 0.25) is 5.91 Å². The summed E-state index contributed by atoms with van der Waals surface area (Å²) < 4.78 is 0. The minimum Gasteiger partial charge on any atom is -0.481 e. The molecule has 0 aromatic rings. The zero-order valence-corrected chi connectivity index (χ0v) is 13.5. The zero-order chi connectivity index (χ0) is 16.6. The number of carbonyl (C=O) groups is 3. The number of carboxylic acids is 1. The molecule has 21 heavy (non-hydrogen) atoms. The highest BCUT2D eigenvalue weighted by molar-refractivity contribution is 5.86. The average Bonchev–Trinajstić information content (AvgIpc) is 2.40. The van der Waals surface area contributed by atoms with Crippen LogP contribution in [-0.4, -0.2) is 54.1 Å². The predicted octanol–water partition coefficient (Wildman–Crippen LogP) is 0.899. The van der Waals surface area contributed by atoms with E-state index < -0.39 is 24.0 Å². The molecule has 0 aliphatic heterocycles. The van der Waals surface area contributed by atoms with Crippen LogP contribution in [0.25, 0.3) is 0 Å². The zero-order valence-electron chi connectivity index (χ0n) is 13.5. The number of hydrogen-bond acceptors (Lipinski definition) is 3. The predicted molar refractivity (Wildman–Crippen MR) is 79.9 cm³/mol. The first kappa shape index (κ1) is 19.2. The van der Waals surface area contributed by atoms with Crippen molar-refractivity contribution in [3.8, 4) is 0 Å². The normalized spacial score (nSPS) is 13.4. The van der Waals surface area contributed by atoms with E-state index in [0.717, 1.165) is 0 Å². The molecule has 0 radical (unpaired) electrons. The van der Waals surface area contributed by atoms with Crippen LogP contribution in [0.4, 0.5) is 4.79 Å². The molecule has 3 amide bonds. The van der Waals surface area contributed by atoms with Gasteiger partial charge in [-0.05, 0) is 26.2 Å². The molecule has 0 aliphatic rings. The van der Waals surface area contributed by atoms with Crippen LogP contribution >= 0.6 is 0 Å². The van der Waals surface area contributed by atoms with E-state index in [2.05, 4.69) is 10.6 Å². The van der Waals surface area contributed by atoms with E-state index in [1.54, 1.807) is 14.0 Å². The van der Waals surface area contributed by atoms with Crippen molar-refractivity contribution in [2.75, 3.05) is 20.1 Å². The topological polar surface area (TPSA) is 98.7 Å². The molecule has 3 N–H and O–H groups in total. The van der Waals surface area contributed by atoms with E-state index in [-0.39, 0.29) is 18.4 Å². The van der Waals surface area contributed by atoms with Gasteiger partial charge in [0.25, 0.3) is 0 Å². The number of carbonyl (C=O) groups excluding carboxylic acids is 2. The molecule has 122 valence electrons. The van der Waals surface area contributed by atoms with Crippen LogP contribution in [0.3, 0.4) is 0 Å². The van der Waals surface area contributed by atoms with Crippen LogP contribution < -0.4 is 10.6 Å². The van der Waals surface area contributed by atoms with Gasteiger partial charge in [0.1, 0.15) is 6.04 Å². The fraction of sp³-hybridized carbons (Fsp3) is 0.786. The Morgan fingerprint density at radius 1 is 1.19 bits per heavy atom. The largest absolute Gasteiger partial charge is 0.481 e. The lowest BCUT2D eigenvalue weighted by molar-refractivity contribution is -0.142. The first-order valence-corrected chi connectivity index (χ1v) is 7.21. The summed E-state index contributed by atoms with van der Waals surface area (Å²) in [6.07, 6.45) is 0.489. The fourth-order valence-corrected chi connectivity index (χ4v) is 1.85. The molecule has 0 aliphatic carbocycles. The Morgan fingerprint density at radius 3 is 2.19 bits per heavy atom. The molecule has 0 aromatic carbocycles. The Kier molecular flexibility index (Phi) is 8.42. The molecule has 7 heteroatoms. The van der Waals surface area contributed by atoms with E-state index in [1.807, 2.05) is 20.8 Å². The number of carboxylic acid groups (broad SMARTS) is 1. The Labute approximate surface area is 126 Å². The maximum atomic E-state index is 11.8. The minimum absolute atomic E-state index is 0.0455. The summed E-state index contributed by atoms with van der Waals surface area (Å²) in [5.41, 5.74) is 0. The second kappa shape index (κ2) is 9.20. The molecule has 2 unspecified atom stereocenters. The van der Waals surface area contributed by atoms with Crippen molar-refractivity contribution in [3.05, 3.63) is 0 Å². The summed E-state index contributed by atoms with van der Waals surface area (Å²) in [6, 6.07) is -1.18. The number of nitrogens with zero attached hydrogens (tertiary/aromatic N) is 1. The highest BCUT2D eigenvalue weighted by atomic mass is 16.4. The van der Waals surface area contributed by atoms with Crippen LogP contribution in [0, 0.1) is 11.8 Å². The molecule has 0 spiro atoms. The highest BCUT2D eigenvalue weighted by Gasteiger charge is 2.22. The van der Waals surface area contributed by atoms with Crippen molar-refractivity contribution in [2.24, 2.45) is 11.8 Å². The van der Waals surface area contributed by atoms with Crippen molar-refractivity contribution in [1.29, 1.82) is 0 Å². The minimum atomic E-state index is -0.932. The Balaban J connectivity index is 4.30. The Morgan fingerprint density at radius 2 is 1.76 bits per heavy atom. The number of rotatable bonds is 8. The lowest BCUT2D eigenvalue weighted by Gasteiger charge is -2.21. The molecule has 0 heterocycles.